The summed E-state index contributed by atoms with van der Waals surface area (Å²) in [5, 5.41) is 4.26. The summed E-state index contributed by atoms with van der Waals surface area (Å²) in [6.45, 7) is 0. The van der Waals surface area contributed by atoms with Gasteiger partial charge in [0.25, 0.3) is 0 Å². The fraction of sp³-hybridized carbons (Fsp3) is 0. The molecule has 0 bridgehead atoms. The zero-order chi connectivity index (χ0) is 41.0. The highest BCUT2D eigenvalue weighted by Gasteiger charge is 2.22. The Morgan fingerprint density at radius 1 is 0.258 bits per heavy atom. The Hall–Kier alpha value is -8.41. The van der Waals surface area contributed by atoms with Crippen LogP contribution in [0.4, 0.5) is 0 Å². The minimum absolute atomic E-state index is 0.584. The number of fused-ring (bicyclic) bond motifs is 6. The molecule has 0 spiro atoms. The molecule has 3 aromatic heterocycles. The number of para-hydroxylation sites is 3. The van der Waals surface area contributed by atoms with Gasteiger partial charge in [-0.1, -0.05) is 164 Å². The van der Waals surface area contributed by atoms with E-state index in [0.717, 1.165) is 105 Å². The van der Waals surface area contributed by atoms with Crippen LogP contribution in [0.5, 0.6) is 0 Å². The van der Waals surface area contributed by atoms with Crippen LogP contribution in [-0.2, 0) is 0 Å². The number of nitrogens with zero attached hydrogens (tertiary/aromatic N) is 3. The quantitative estimate of drug-likeness (QED) is 0.161. The van der Waals surface area contributed by atoms with Crippen LogP contribution in [-0.4, -0.2) is 15.0 Å². The van der Waals surface area contributed by atoms with Crippen LogP contribution in [0.25, 0.3) is 123 Å². The summed E-state index contributed by atoms with van der Waals surface area (Å²) in [5.74, 6) is 1.77. The molecule has 62 heavy (non-hydrogen) atoms. The van der Waals surface area contributed by atoms with Gasteiger partial charge in [-0.25, -0.2) is 15.0 Å². The minimum atomic E-state index is 0.584. The highest BCUT2D eigenvalue weighted by Crippen LogP contribution is 2.47. The van der Waals surface area contributed by atoms with Crippen molar-refractivity contribution in [1.82, 2.24) is 15.0 Å². The molecular formula is C57H35N3O2. The second-order valence-electron chi connectivity index (χ2n) is 15.5. The molecule has 0 atom stereocenters. The van der Waals surface area contributed by atoms with Crippen molar-refractivity contribution < 1.29 is 8.83 Å². The Morgan fingerprint density at radius 2 is 0.758 bits per heavy atom. The van der Waals surface area contributed by atoms with Crippen LogP contribution in [0.2, 0.25) is 0 Å². The summed E-state index contributed by atoms with van der Waals surface area (Å²) in [7, 11) is 0. The van der Waals surface area contributed by atoms with Gasteiger partial charge in [0.15, 0.2) is 17.5 Å². The van der Waals surface area contributed by atoms with E-state index in [9.17, 15) is 0 Å². The van der Waals surface area contributed by atoms with E-state index in [2.05, 4.69) is 140 Å². The third-order valence-electron chi connectivity index (χ3n) is 11.7. The molecule has 0 saturated carbocycles. The average molecular weight is 794 g/mol. The lowest BCUT2D eigenvalue weighted by atomic mass is 9.84. The maximum atomic E-state index is 6.70. The van der Waals surface area contributed by atoms with Gasteiger partial charge >= 0.3 is 0 Å². The molecule has 5 nitrogen and oxygen atoms in total. The van der Waals surface area contributed by atoms with E-state index in [1.807, 2.05) is 72.8 Å². The first kappa shape index (κ1) is 35.5. The van der Waals surface area contributed by atoms with Crippen LogP contribution in [0.15, 0.2) is 221 Å². The molecule has 3 heterocycles. The van der Waals surface area contributed by atoms with Gasteiger partial charge in [0.2, 0.25) is 0 Å². The summed E-state index contributed by atoms with van der Waals surface area (Å²) in [6, 6.07) is 73.6. The van der Waals surface area contributed by atoms with Gasteiger partial charge < -0.3 is 8.83 Å². The van der Waals surface area contributed by atoms with Gasteiger partial charge in [0.1, 0.15) is 22.3 Å². The second kappa shape index (κ2) is 14.7. The van der Waals surface area contributed by atoms with Crippen LogP contribution in [0, 0.1) is 0 Å². The molecule has 0 saturated heterocycles. The third kappa shape index (κ3) is 6.14. The molecule has 0 fully saturated rings. The normalized spacial score (nSPS) is 11.5. The number of benzene rings is 9. The van der Waals surface area contributed by atoms with Gasteiger partial charge in [-0.05, 0) is 87.5 Å². The molecular weight excluding hydrogens is 759 g/mol. The van der Waals surface area contributed by atoms with Crippen LogP contribution >= 0.6 is 0 Å². The average Bonchev–Trinajstić information content (AvgIpc) is 3.93. The number of hydrogen-bond acceptors (Lipinski definition) is 5. The van der Waals surface area contributed by atoms with E-state index in [1.165, 1.54) is 0 Å². The Balaban J connectivity index is 1.09. The Bertz CT molecular complexity index is 3630. The highest BCUT2D eigenvalue weighted by atomic mass is 16.3. The molecule has 0 aliphatic rings. The number of furan rings is 2. The molecule has 0 aliphatic carbocycles. The third-order valence-corrected chi connectivity index (χ3v) is 11.7. The summed E-state index contributed by atoms with van der Waals surface area (Å²) in [4.78, 5) is 15.4. The maximum absolute atomic E-state index is 6.70. The molecule has 290 valence electrons. The maximum Gasteiger partial charge on any atom is 0.164 e. The van der Waals surface area contributed by atoms with Crippen molar-refractivity contribution in [3.05, 3.63) is 212 Å². The lowest BCUT2D eigenvalue weighted by Gasteiger charge is -2.19. The summed E-state index contributed by atoms with van der Waals surface area (Å²) in [5.41, 5.74) is 14.7. The molecule has 12 aromatic rings. The summed E-state index contributed by atoms with van der Waals surface area (Å²) in [6.07, 6.45) is 0. The molecule has 0 amide bonds. The Kier molecular flexibility index (Phi) is 8.42. The van der Waals surface area contributed by atoms with Crippen LogP contribution in [0.3, 0.4) is 0 Å². The van der Waals surface area contributed by atoms with E-state index in [1.54, 1.807) is 0 Å². The molecule has 0 aliphatic heterocycles. The van der Waals surface area contributed by atoms with Crippen molar-refractivity contribution in [3.63, 3.8) is 0 Å². The van der Waals surface area contributed by atoms with Crippen molar-refractivity contribution in [2.45, 2.75) is 0 Å². The lowest BCUT2D eigenvalue weighted by molar-refractivity contribution is 0.669. The van der Waals surface area contributed by atoms with E-state index < -0.39 is 0 Å². The first-order valence-electron chi connectivity index (χ1n) is 20.8. The van der Waals surface area contributed by atoms with Gasteiger partial charge in [-0.2, -0.15) is 0 Å². The monoisotopic (exact) mass is 793 g/mol. The fourth-order valence-electron chi connectivity index (χ4n) is 8.80. The van der Waals surface area contributed by atoms with Gasteiger partial charge in [0.05, 0.1) is 0 Å². The smallest absolute Gasteiger partial charge is 0.164 e. The molecule has 12 rings (SSSR count). The lowest BCUT2D eigenvalue weighted by Crippen LogP contribution is -2.00. The van der Waals surface area contributed by atoms with E-state index in [-0.39, 0.29) is 0 Å². The Morgan fingerprint density at radius 3 is 1.48 bits per heavy atom. The summed E-state index contributed by atoms with van der Waals surface area (Å²) < 4.78 is 12.9. The van der Waals surface area contributed by atoms with Crippen molar-refractivity contribution in [2.24, 2.45) is 0 Å². The number of rotatable bonds is 7. The zero-order valence-corrected chi connectivity index (χ0v) is 33.4. The summed E-state index contributed by atoms with van der Waals surface area (Å²) >= 11 is 0. The van der Waals surface area contributed by atoms with Gasteiger partial charge in [-0.15, -0.1) is 0 Å². The largest absolute Gasteiger partial charge is 0.456 e. The molecule has 0 unspecified atom stereocenters. The first-order valence-corrected chi connectivity index (χ1v) is 20.8. The van der Waals surface area contributed by atoms with Crippen LogP contribution < -0.4 is 0 Å². The number of aromatic nitrogens is 3. The van der Waals surface area contributed by atoms with Crippen LogP contribution in [0.1, 0.15) is 0 Å². The molecule has 5 heteroatoms. The molecule has 9 aromatic carbocycles. The first-order chi connectivity index (χ1) is 30.7. The fourth-order valence-corrected chi connectivity index (χ4v) is 8.80. The SMILES string of the molecule is c1ccc(-c2cc(-c3cccc(-c4nc(-c5ccccc5)nc(-c5ccc6oc7ccccc7c6c5)n4)c3)c(-c3ccccc3)c(-c3cccc4c3oc3ccccc34)c2)cc1. The predicted octanol–water partition coefficient (Wildman–Crippen LogP) is 15.3. The molecule has 0 N–H and O–H groups in total. The van der Waals surface area contributed by atoms with Crippen molar-refractivity contribution in [2.75, 3.05) is 0 Å². The van der Waals surface area contributed by atoms with Crippen molar-refractivity contribution in [3.8, 4) is 78.7 Å². The van der Waals surface area contributed by atoms with Crippen molar-refractivity contribution >= 4 is 43.9 Å². The zero-order valence-electron chi connectivity index (χ0n) is 33.4. The molecule has 0 radical (unpaired) electrons. The predicted molar refractivity (Wildman–Crippen MR) is 252 cm³/mol. The minimum Gasteiger partial charge on any atom is -0.456 e. The number of hydrogen-bond donors (Lipinski definition) is 0. The topological polar surface area (TPSA) is 65.0 Å². The van der Waals surface area contributed by atoms with Crippen molar-refractivity contribution in [1.29, 1.82) is 0 Å². The van der Waals surface area contributed by atoms with E-state index >= 15 is 0 Å². The van der Waals surface area contributed by atoms with Gasteiger partial charge in [0, 0.05) is 43.8 Å². The standard InChI is InChI=1S/C57H35N3O2/c1-4-16-36(17-5-1)42-34-47(53(37-18-6-2-7-19-37)49(35-42)46-27-15-26-45-43-24-10-13-29-51(43)62-54(45)46)39-22-14-23-40(32-39)56-58-55(38-20-8-3-9-21-38)59-57(60-56)41-30-31-52-48(33-41)44-25-11-12-28-50(44)61-52/h1-35H. The van der Waals surface area contributed by atoms with Gasteiger partial charge in [-0.3, -0.25) is 0 Å². The van der Waals surface area contributed by atoms with E-state index in [0.29, 0.717) is 17.5 Å². The highest BCUT2D eigenvalue weighted by molar-refractivity contribution is 6.12. The van der Waals surface area contributed by atoms with E-state index in [4.69, 9.17) is 23.8 Å². The second-order valence-corrected chi connectivity index (χ2v) is 15.5. The Labute approximate surface area is 357 Å².